The van der Waals surface area contributed by atoms with Gasteiger partial charge in [0.2, 0.25) is 5.13 Å². The molecule has 1 heterocycles. The number of hydrazine groups is 1. The fraction of sp³-hybridized carbons (Fsp3) is 0.0435. The lowest BCUT2D eigenvalue weighted by Gasteiger charge is -2.05. The zero-order chi connectivity index (χ0) is 19.2. The smallest absolute Gasteiger partial charge is 0.269 e. The van der Waals surface area contributed by atoms with E-state index in [0.717, 1.165) is 17.7 Å². The zero-order valence-corrected chi connectivity index (χ0v) is 15.9. The van der Waals surface area contributed by atoms with Gasteiger partial charge in [0.1, 0.15) is 0 Å². The summed E-state index contributed by atoms with van der Waals surface area (Å²) >= 11 is 1.45. The van der Waals surface area contributed by atoms with E-state index in [2.05, 4.69) is 64.4 Å². The molecule has 4 nitrogen and oxygen atoms in total. The molecule has 0 unspecified atom stereocenters. The number of carbonyl (C=O) groups excluding carboxylic acids is 1. The molecular formula is C23H19N3OS. The van der Waals surface area contributed by atoms with Crippen molar-refractivity contribution in [1.82, 2.24) is 10.4 Å². The van der Waals surface area contributed by atoms with Gasteiger partial charge in [-0.05, 0) is 29.7 Å². The first-order valence-corrected chi connectivity index (χ1v) is 9.86. The molecule has 0 fully saturated rings. The van der Waals surface area contributed by atoms with Crippen LogP contribution in [0.15, 0.2) is 90.3 Å². The molecule has 1 amide bonds. The maximum atomic E-state index is 12.1. The number of nitrogens with zero attached hydrogens (tertiary/aromatic N) is 1. The normalized spacial score (nSPS) is 10.4. The van der Waals surface area contributed by atoms with E-state index in [1.807, 2.05) is 29.6 Å². The van der Waals surface area contributed by atoms with E-state index >= 15 is 0 Å². The summed E-state index contributed by atoms with van der Waals surface area (Å²) in [5.74, 6) is -0.192. The molecule has 4 aromatic rings. The molecule has 0 aliphatic heterocycles. The maximum absolute atomic E-state index is 12.1. The van der Waals surface area contributed by atoms with Crippen LogP contribution >= 0.6 is 11.3 Å². The van der Waals surface area contributed by atoms with Gasteiger partial charge in [-0.3, -0.25) is 15.6 Å². The number of thiazole rings is 1. The predicted molar refractivity (Wildman–Crippen MR) is 114 cm³/mol. The Morgan fingerprint density at radius 2 is 1.46 bits per heavy atom. The Bertz CT molecular complexity index is 1040. The summed E-state index contributed by atoms with van der Waals surface area (Å²) in [6.07, 6.45) is 0.913. The molecule has 0 bridgehead atoms. The second kappa shape index (κ2) is 8.50. The Morgan fingerprint density at radius 1 is 0.821 bits per heavy atom. The third-order valence-corrected chi connectivity index (χ3v) is 5.08. The lowest BCUT2D eigenvalue weighted by atomic mass is 10.0. The molecule has 5 heteroatoms. The fourth-order valence-corrected chi connectivity index (χ4v) is 3.53. The van der Waals surface area contributed by atoms with Crippen LogP contribution in [-0.4, -0.2) is 10.9 Å². The number of benzene rings is 3. The van der Waals surface area contributed by atoms with Crippen molar-refractivity contribution in [3.8, 4) is 11.3 Å². The highest BCUT2D eigenvalue weighted by molar-refractivity contribution is 7.14. The number of rotatable bonds is 6. The molecule has 0 radical (unpaired) electrons. The van der Waals surface area contributed by atoms with E-state index in [0.29, 0.717) is 10.7 Å². The van der Waals surface area contributed by atoms with Crippen LogP contribution in [-0.2, 0) is 6.42 Å². The van der Waals surface area contributed by atoms with Gasteiger partial charge in [0.15, 0.2) is 0 Å². The van der Waals surface area contributed by atoms with Crippen LogP contribution in [0.3, 0.4) is 0 Å². The van der Waals surface area contributed by atoms with Gasteiger partial charge in [0.05, 0.1) is 5.69 Å². The number of aromatic nitrogens is 1. The minimum atomic E-state index is -0.192. The van der Waals surface area contributed by atoms with Crippen molar-refractivity contribution >= 4 is 22.4 Å². The third-order valence-electron chi connectivity index (χ3n) is 4.32. The Hall–Kier alpha value is -3.44. The maximum Gasteiger partial charge on any atom is 0.269 e. The topological polar surface area (TPSA) is 54.0 Å². The fourth-order valence-electron chi connectivity index (χ4n) is 2.86. The van der Waals surface area contributed by atoms with Crippen molar-refractivity contribution in [3.05, 3.63) is 107 Å². The van der Waals surface area contributed by atoms with Crippen molar-refractivity contribution in [1.29, 1.82) is 0 Å². The summed E-state index contributed by atoms with van der Waals surface area (Å²) in [7, 11) is 0. The van der Waals surface area contributed by atoms with Gasteiger partial charge >= 0.3 is 0 Å². The SMILES string of the molecule is O=C(NNc1nc(-c2ccc(Cc3ccccc3)cc2)cs1)c1ccccc1. The van der Waals surface area contributed by atoms with Gasteiger partial charge in [-0.1, -0.05) is 72.8 Å². The quantitative estimate of drug-likeness (QED) is 0.451. The van der Waals surface area contributed by atoms with Crippen LogP contribution in [0.25, 0.3) is 11.3 Å². The van der Waals surface area contributed by atoms with Crippen molar-refractivity contribution in [2.75, 3.05) is 5.43 Å². The molecule has 28 heavy (non-hydrogen) atoms. The summed E-state index contributed by atoms with van der Waals surface area (Å²) in [6, 6.07) is 27.9. The Labute approximate surface area is 167 Å². The Balaban J connectivity index is 1.38. The summed E-state index contributed by atoms with van der Waals surface area (Å²) in [5, 5.41) is 2.62. The molecule has 3 aromatic carbocycles. The number of hydrogen-bond donors (Lipinski definition) is 2. The van der Waals surface area contributed by atoms with Gasteiger partial charge in [-0.25, -0.2) is 4.98 Å². The number of nitrogens with one attached hydrogen (secondary N) is 2. The first kappa shape index (κ1) is 17.9. The predicted octanol–water partition coefficient (Wildman–Crippen LogP) is 5.16. The molecular weight excluding hydrogens is 366 g/mol. The van der Waals surface area contributed by atoms with Gasteiger partial charge in [0, 0.05) is 16.5 Å². The average Bonchev–Trinajstić information content (AvgIpc) is 3.23. The molecule has 0 aliphatic carbocycles. The van der Waals surface area contributed by atoms with Gasteiger partial charge in [-0.2, -0.15) is 0 Å². The van der Waals surface area contributed by atoms with E-state index < -0.39 is 0 Å². The van der Waals surface area contributed by atoms with Crippen molar-refractivity contribution in [3.63, 3.8) is 0 Å². The average molecular weight is 385 g/mol. The zero-order valence-electron chi connectivity index (χ0n) is 15.1. The number of hydrogen-bond acceptors (Lipinski definition) is 4. The van der Waals surface area contributed by atoms with Gasteiger partial charge in [-0.15, -0.1) is 11.3 Å². The number of amides is 1. The molecule has 0 spiro atoms. The number of anilines is 1. The summed E-state index contributed by atoms with van der Waals surface area (Å²) in [4.78, 5) is 16.6. The molecule has 0 saturated carbocycles. The highest BCUT2D eigenvalue weighted by atomic mass is 32.1. The lowest BCUT2D eigenvalue weighted by Crippen LogP contribution is -2.29. The first-order valence-electron chi connectivity index (χ1n) is 8.98. The minimum Gasteiger partial charge on any atom is -0.273 e. The van der Waals surface area contributed by atoms with Gasteiger partial charge < -0.3 is 0 Å². The Kier molecular flexibility index (Phi) is 5.45. The van der Waals surface area contributed by atoms with Crippen LogP contribution in [0.4, 0.5) is 5.13 Å². The lowest BCUT2D eigenvalue weighted by molar-refractivity contribution is 0.0962. The van der Waals surface area contributed by atoms with Crippen LogP contribution < -0.4 is 10.9 Å². The van der Waals surface area contributed by atoms with Crippen LogP contribution in [0, 0.1) is 0 Å². The second-order valence-corrected chi connectivity index (χ2v) is 7.20. The van der Waals surface area contributed by atoms with Crippen molar-refractivity contribution in [2.45, 2.75) is 6.42 Å². The highest BCUT2D eigenvalue weighted by Crippen LogP contribution is 2.25. The number of carbonyl (C=O) groups is 1. The van der Waals surface area contributed by atoms with E-state index in [9.17, 15) is 4.79 Å². The van der Waals surface area contributed by atoms with E-state index in [4.69, 9.17) is 0 Å². The molecule has 4 rings (SSSR count). The molecule has 0 aliphatic rings. The molecule has 0 atom stereocenters. The standard InChI is InChI=1S/C23H19N3OS/c27-22(20-9-5-2-6-10-20)25-26-23-24-21(16-28-23)19-13-11-18(12-14-19)15-17-7-3-1-4-8-17/h1-14,16H,15H2,(H,24,26)(H,25,27). The van der Waals surface area contributed by atoms with Crippen LogP contribution in [0.2, 0.25) is 0 Å². The summed E-state index contributed by atoms with van der Waals surface area (Å²) < 4.78 is 0. The molecule has 1 aromatic heterocycles. The third kappa shape index (κ3) is 4.45. The molecule has 138 valence electrons. The monoisotopic (exact) mass is 385 g/mol. The molecule has 2 N–H and O–H groups in total. The molecule has 0 saturated heterocycles. The van der Waals surface area contributed by atoms with E-state index in [1.165, 1.54) is 22.5 Å². The van der Waals surface area contributed by atoms with Crippen molar-refractivity contribution in [2.24, 2.45) is 0 Å². The summed E-state index contributed by atoms with van der Waals surface area (Å²) in [5.41, 5.74) is 10.7. The van der Waals surface area contributed by atoms with E-state index in [1.54, 1.807) is 12.1 Å². The van der Waals surface area contributed by atoms with Crippen LogP contribution in [0.5, 0.6) is 0 Å². The Morgan fingerprint density at radius 3 is 2.18 bits per heavy atom. The largest absolute Gasteiger partial charge is 0.273 e. The summed E-state index contributed by atoms with van der Waals surface area (Å²) in [6.45, 7) is 0. The highest BCUT2D eigenvalue weighted by Gasteiger charge is 2.07. The second-order valence-electron chi connectivity index (χ2n) is 6.34. The first-order chi connectivity index (χ1) is 13.8. The van der Waals surface area contributed by atoms with Crippen molar-refractivity contribution < 1.29 is 4.79 Å². The van der Waals surface area contributed by atoms with Crippen LogP contribution in [0.1, 0.15) is 21.5 Å². The van der Waals surface area contributed by atoms with Gasteiger partial charge in [0.25, 0.3) is 5.91 Å². The minimum absolute atomic E-state index is 0.192. The van der Waals surface area contributed by atoms with E-state index in [-0.39, 0.29) is 5.91 Å².